The first-order chi connectivity index (χ1) is 10.1. The quantitative estimate of drug-likeness (QED) is 0.660. The Balaban J connectivity index is 1.86. The summed E-state index contributed by atoms with van der Waals surface area (Å²) >= 11 is 1.30. The molecule has 0 saturated heterocycles. The van der Waals surface area contributed by atoms with Crippen LogP contribution in [0.2, 0.25) is 0 Å². The number of likely N-dealkylation sites (N-methyl/N-ethyl adjacent to an activating group) is 1. The lowest BCUT2D eigenvalue weighted by atomic mass is 10.3. The molecule has 0 aromatic carbocycles. The van der Waals surface area contributed by atoms with Gasteiger partial charge in [-0.3, -0.25) is 0 Å². The maximum atomic E-state index is 12.1. The van der Waals surface area contributed by atoms with Crippen molar-refractivity contribution in [2.75, 3.05) is 19.6 Å². The molecule has 0 amide bonds. The summed E-state index contributed by atoms with van der Waals surface area (Å²) in [6.45, 7) is 4.04. The topological polar surface area (TPSA) is 97.1 Å². The van der Waals surface area contributed by atoms with Gasteiger partial charge in [0.15, 0.2) is 5.82 Å². The van der Waals surface area contributed by atoms with E-state index in [1.807, 2.05) is 13.0 Å². The molecule has 2 N–H and O–H groups in total. The van der Waals surface area contributed by atoms with Crippen LogP contribution in [0.5, 0.6) is 0 Å². The second-order valence-corrected chi connectivity index (χ2v) is 7.48. The number of aromatic nitrogens is 2. The van der Waals surface area contributed by atoms with E-state index in [1.54, 1.807) is 6.07 Å². The van der Waals surface area contributed by atoms with Gasteiger partial charge in [-0.1, -0.05) is 12.1 Å². The Kier molecular flexibility index (Phi) is 5.85. The molecule has 0 aliphatic heterocycles. The van der Waals surface area contributed by atoms with Crippen molar-refractivity contribution in [3.63, 3.8) is 0 Å². The molecule has 0 unspecified atom stereocenters. The summed E-state index contributed by atoms with van der Waals surface area (Å²) in [6.07, 6.45) is 2.45. The van der Waals surface area contributed by atoms with Crippen LogP contribution in [0, 0.1) is 0 Å². The SMILES string of the molecule is CCNCCc1ccc(S(=O)(=O)NCCc2ncon2)s1. The third kappa shape index (κ3) is 4.88. The molecule has 0 aliphatic carbocycles. The van der Waals surface area contributed by atoms with E-state index in [1.165, 1.54) is 17.7 Å². The van der Waals surface area contributed by atoms with E-state index in [9.17, 15) is 8.42 Å². The average Bonchev–Trinajstić information content (AvgIpc) is 3.10. The second-order valence-electron chi connectivity index (χ2n) is 4.32. The second kappa shape index (κ2) is 7.64. The summed E-state index contributed by atoms with van der Waals surface area (Å²) in [6, 6.07) is 3.50. The van der Waals surface area contributed by atoms with Crippen molar-refractivity contribution in [2.45, 2.75) is 24.0 Å². The van der Waals surface area contributed by atoms with Gasteiger partial charge in [0.05, 0.1) is 0 Å². The third-order valence-electron chi connectivity index (χ3n) is 2.75. The van der Waals surface area contributed by atoms with Gasteiger partial charge in [-0.25, -0.2) is 13.1 Å². The number of sulfonamides is 1. The molecule has 0 spiro atoms. The van der Waals surface area contributed by atoms with Crippen molar-refractivity contribution in [1.29, 1.82) is 0 Å². The van der Waals surface area contributed by atoms with Gasteiger partial charge in [0.1, 0.15) is 4.21 Å². The number of hydrogen-bond acceptors (Lipinski definition) is 7. The van der Waals surface area contributed by atoms with Crippen LogP contribution in [-0.2, 0) is 22.9 Å². The molecule has 0 saturated carbocycles. The normalized spacial score (nSPS) is 11.9. The zero-order valence-corrected chi connectivity index (χ0v) is 13.3. The summed E-state index contributed by atoms with van der Waals surface area (Å²) in [4.78, 5) is 4.89. The molecule has 7 nitrogen and oxygen atoms in total. The Labute approximate surface area is 127 Å². The summed E-state index contributed by atoms with van der Waals surface area (Å²) in [5.74, 6) is 0.482. The summed E-state index contributed by atoms with van der Waals surface area (Å²) < 4.78 is 31.7. The fourth-order valence-electron chi connectivity index (χ4n) is 1.70. The Hall–Kier alpha value is -1.29. The average molecular weight is 330 g/mol. The van der Waals surface area contributed by atoms with Crippen molar-refractivity contribution in [3.05, 3.63) is 29.2 Å². The lowest BCUT2D eigenvalue weighted by Gasteiger charge is -2.02. The van der Waals surface area contributed by atoms with Gasteiger partial charge in [-0.15, -0.1) is 11.3 Å². The van der Waals surface area contributed by atoms with Gasteiger partial charge in [0, 0.05) is 17.8 Å². The molecule has 2 heterocycles. The predicted molar refractivity (Wildman–Crippen MR) is 79.8 cm³/mol. The zero-order chi connectivity index (χ0) is 15.1. The Bertz CT molecular complexity index is 637. The highest BCUT2D eigenvalue weighted by atomic mass is 32.2. The van der Waals surface area contributed by atoms with Crippen molar-refractivity contribution in [3.8, 4) is 0 Å². The van der Waals surface area contributed by atoms with Crippen molar-refractivity contribution in [1.82, 2.24) is 20.2 Å². The van der Waals surface area contributed by atoms with Gasteiger partial charge < -0.3 is 9.84 Å². The van der Waals surface area contributed by atoms with E-state index < -0.39 is 10.0 Å². The van der Waals surface area contributed by atoms with E-state index >= 15 is 0 Å². The van der Waals surface area contributed by atoms with Crippen LogP contribution in [0.15, 0.2) is 27.3 Å². The number of rotatable bonds is 9. The Morgan fingerprint density at radius 1 is 1.29 bits per heavy atom. The van der Waals surface area contributed by atoms with E-state index in [0.29, 0.717) is 16.5 Å². The fraction of sp³-hybridized carbons (Fsp3) is 0.500. The fourth-order valence-corrected chi connectivity index (χ4v) is 4.13. The van der Waals surface area contributed by atoms with E-state index in [0.717, 1.165) is 24.4 Å². The molecule has 116 valence electrons. The maximum Gasteiger partial charge on any atom is 0.250 e. The van der Waals surface area contributed by atoms with Crippen LogP contribution in [0.1, 0.15) is 17.6 Å². The minimum Gasteiger partial charge on any atom is -0.343 e. The highest BCUT2D eigenvalue weighted by molar-refractivity contribution is 7.91. The molecule has 0 atom stereocenters. The number of thiophene rings is 1. The van der Waals surface area contributed by atoms with Crippen LogP contribution in [0.25, 0.3) is 0 Å². The molecule has 0 aliphatic rings. The molecule has 9 heteroatoms. The number of hydrogen-bond donors (Lipinski definition) is 2. The predicted octanol–water partition coefficient (Wildman–Crippen LogP) is 0.804. The Morgan fingerprint density at radius 2 is 2.14 bits per heavy atom. The summed E-state index contributed by atoms with van der Waals surface area (Å²) in [5, 5.41) is 6.84. The smallest absolute Gasteiger partial charge is 0.250 e. The minimum absolute atomic E-state index is 0.243. The van der Waals surface area contributed by atoms with Crippen LogP contribution in [-0.4, -0.2) is 38.2 Å². The zero-order valence-electron chi connectivity index (χ0n) is 11.7. The molecule has 2 rings (SSSR count). The van der Waals surface area contributed by atoms with Gasteiger partial charge in [-0.05, 0) is 31.6 Å². The van der Waals surface area contributed by atoms with Crippen LogP contribution >= 0.6 is 11.3 Å². The molecular formula is C12H18N4O3S2. The maximum absolute atomic E-state index is 12.1. The highest BCUT2D eigenvalue weighted by Gasteiger charge is 2.16. The molecule has 21 heavy (non-hydrogen) atoms. The van der Waals surface area contributed by atoms with Crippen molar-refractivity contribution >= 4 is 21.4 Å². The standard InChI is InChI=1S/C12H18N4O3S2/c1-2-13-7-5-10-3-4-12(20-10)21(17,18)15-8-6-11-14-9-19-16-11/h3-4,9,13,15H,2,5-8H2,1H3. The van der Waals surface area contributed by atoms with Crippen molar-refractivity contribution in [2.24, 2.45) is 0 Å². The first kappa shape index (κ1) is 16.1. The molecule has 0 fully saturated rings. The van der Waals surface area contributed by atoms with Gasteiger partial charge in [-0.2, -0.15) is 4.98 Å². The van der Waals surface area contributed by atoms with E-state index in [4.69, 9.17) is 0 Å². The molecule has 0 bridgehead atoms. The first-order valence-corrected chi connectivity index (χ1v) is 8.96. The van der Waals surface area contributed by atoms with E-state index in [2.05, 4.69) is 24.7 Å². The molecule has 0 radical (unpaired) electrons. The lowest BCUT2D eigenvalue weighted by molar-refractivity contribution is 0.410. The molecule has 2 aromatic rings. The summed E-state index contributed by atoms with van der Waals surface area (Å²) in [5.41, 5.74) is 0. The van der Waals surface area contributed by atoms with Gasteiger partial charge in [0.2, 0.25) is 16.4 Å². The summed E-state index contributed by atoms with van der Waals surface area (Å²) in [7, 11) is -3.46. The van der Waals surface area contributed by atoms with Crippen LogP contribution < -0.4 is 10.0 Å². The lowest BCUT2D eigenvalue weighted by Crippen LogP contribution is -2.25. The first-order valence-electron chi connectivity index (χ1n) is 6.66. The third-order valence-corrected chi connectivity index (χ3v) is 5.85. The monoisotopic (exact) mass is 330 g/mol. The molecular weight excluding hydrogens is 312 g/mol. The highest BCUT2D eigenvalue weighted by Crippen LogP contribution is 2.21. The number of nitrogens with one attached hydrogen (secondary N) is 2. The van der Waals surface area contributed by atoms with E-state index in [-0.39, 0.29) is 6.54 Å². The largest absolute Gasteiger partial charge is 0.343 e. The van der Waals surface area contributed by atoms with Crippen LogP contribution in [0.4, 0.5) is 0 Å². The minimum atomic E-state index is -3.46. The number of nitrogens with zero attached hydrogens (tertiary/aromatic N) is 2. The molecule has 2 aromatic heterocycles. The van der Waals surface area contributed by atoms with Gasteiger partial charge >= 0.3 is 0 Å². The Morgan fingerprint density at radius 3 is 2.86 bits per heavy atom. The van der Waals surface area contributed by atoms with Crippen molar-refractivity contribution < 1.29 is 12.9 Å². The van der Waals surface area contributed by atoms with Crippen LogP contribution in [0.3, 0.4) is 0 Å². The van der Waals surface area contributed by atoms with Gasteiger partial charge in [0.25, 0.3) is 0 Å².